The van der Waals surface area contributed by atoms with E-state index in [1.807, 2.05) is 6.08 Å². The Morgan fingerprint density at radius 3 is 2.39 bits per heavy atom. The SMILES string of the molecule is CC(=O)O[C@@]1(C(C)=O)CC[C@H]2[C@@H]3C=C(C)C4=CC(=O)CC[C@]4(C)[C@H]3CC[C@@]21C. The van der Waals surface area contributed by atoms with E-state index in [-0.39, 0.29) is 28.4 Å². The average Bonchev–Trinajstić information content (AvgIpc) is 2.90. The van der Waals surface area contributed by atoms with Crippen molar-refractivity contribution in [1.82, 2.24) is 0 Å². The van der Waals surface area contributed by atoms with E-state index < -0.39 is 5.60 Å². The van der Waals surface area contributed by atoms with Crippen molar-refractivity contribution in [3.05, 3.63) is 23.3 Å². The Morgan fingerprint density at radius 2 is 1.75 bits per heavy atom. The van der Waals surface area contributed by atoms with Gasteiger partial charge in [0.15, 0.2) is 17.2 Å². The van der Waals surface area contributed by atoms with Crippen molar-refractivity contribution < 1.29 is 19.1 Å². The van der Waals surface area contributed by atoms with Gasteiger partial charge in [-0.1, -0.05) is 25.5 Å². The molecule has 0 heterocycles. The molecule has 2 fully saturated rings. The maximum absolute atomic E-state index is 12.8. The molecule has 0 bridgehead atoms. The highest BCUT2D eigenvalue weighted by atomic mass is 16.6. The van der Waals surface area contributed by atoms with Gasteiger partial charge >= 0.3 is 5.97 Å². The van der Waals surface area contributed by atoms with E-state index in [0.29, 0.717) is 30.6 Å². The third-order valence-electron chi connectivity index (χ3n) is 8.84. The number of Topliss-reactive ketones (excluding diaryl/α,β-unsaturated/α-hetero) is 1. The van der Waals surface area contributed by atoms with Gasteiger partial charge in [0.1, 0.15) is 0 Å². The van der Waals surface area contributed by atoms with E-state index in [9.17, 15) is 14.4 Å². The Labute approximate surface area is 167 Å². The highest BCUT2D eigenvalue weighted by Gasteiger charge is 2.67. The first-order valence-electron chi connectivity index (χ1n) is 10.7. The molecular formula is C24H32O4. The second kappa shape index (κ2) is 6.14. The minimum absolute atomic E-state index is 0.0160. The number of hydrogen-bond acceptors (Lipinski definition) is 4. The average molecular weight is 385 g/mol. The van der Waals surface area contributed by atoms with Gasteiger partial charge in [-0.2, -0.15) is 0 Å². The lowest BCUT2D eigenvalue weighted by Crippen LogP contribution is -2.58. The summed E-state index contributed by atoms with van der Waals surface area (Å²) in [5.74, 6) is 1.03. The molecule has 0 aliphatic heterocycles. The first-order chi connectivity index (χ1) is 13.0. The largest absolute Gasteiger partial charge is 0.451 e. The number of carbonyl (C=O) groups excluding carboxylic acids is 3. The Hall–Kier alpha value is -1.71. The van der Waals surface area contributed by atoms with Crippen LogP contribution in [0, 0.1) is 28.6 Å². The number of fused-ring (bicyclic) bond motifs is 5. The molecule has 4 aliphatic carbocycles. The van der Waals surface area contributed by atoms with Gasteiger partial charge in [0, 0.05) is 18.8 Å². The summed E-state index contributed by atoms with van der Waals surface area (Å²) in [4.78, 5) is 36.8. The maximum atomic E-state index is 12.8. The second-order valence-corrected chi connectivity index (χ2v) is 10.1. The Balaban J connectivity index is 1.79. The van der Waals surface area contributed by atoms with E-state index >= 15 is 0 Å². The summed E-state index contributed by atoms with van der Waals surface area (Å²) in [5, 5.41) is 0. The van der Waals surface area contributed by atoms with E-state index in [0.717, 1.165) is 25.7 Å². The fourth-order valence-electron chi connectivity index (χ4n) is 7.48. The number of rotatable bonds is 2. The third-order valence-corrected chi connectivity index (χ3v) is 8.84. The predicted molar refractivity (Wildman–Crippen MR) is 106 cm³/mol. The van der Waals surface area contributed by atoms with Crippen LogP contribution in [0.2, 0.25) is 0 Å². The number of hydrogen-bond donors (Lipinski definition) is 0. The van der Waals surface area contributed by atoms with Gasteiger partial charge < -0.3 is 4.74 Å². The molecule has 0 unspecified atom stereocenters. The molecule has 0 amide bonds. The minimum atomic E-state index is -0.990. The zero-order valence-corrected chi connectivity index (χ0v) is 17.8. The van der Waals surface area contributed by atoms with Gasteiger partial charge in [-0.05, 0) is 80.8 Å². The van der Waals surface area contributed by atoms with Crippen molar-refractivity contribution >= 4 is 17.5 Å². The predicted octanol–water partition coefficient (Wildman–Crippen LogP) is 4.58. The molecule has 0 spiro atoms. The van der Waals surface area contributed by atoms with Crippen molar-refractivity contribution in [1.29, 1.82) is 0 Å². The normalized spacial score (nSPS) is 44.6. The van der Waals surface area contributed by atoms with E-state index in [2.05, 4.69) is 26.8 Å². The number of ether oxygens (including phenoxy) is 1. The quantitative estimate of drug-likeness (QED) is 0.654. The van der Waals surface area contributed by atoms with Gasteiger partial charge in [0.25, 0.3) is 0 Å². The molecule has 4 rings (SSSR count). The molecule has 0 N–H and O–H groups in total. The summed E-state index contributed by atoms with van der Waals surface area (Å²) < 4.78 is 5.82. The lowest BCUT2D eigenvalue weighted by atomic mass is 9.47. The van der Waals surface area contributed by atoms with Gasteiger partial charge in [-0.3, -0.25) is 14.4 Å². The number of allylic oxidation sites excluding steroid dienone is 4. The molecule has 0 aromatic heterocycles. The molecule has 6 atom stereocenters. The molecule has 4 heteroatoms. The van der Waals surface area contributed by atoms with E-state index in [4.69, 9.17) is 4.74 Å². The minimum Gasteiger partial charge on any atom is -0.451 e. The summed E-state index contributed by atoms with van der Waals surface area (Å²) in [6.45, 7) is 9.63. The lowest BCUT2D eigenvalue weighted by Gasteiger charge is -2.58. The number of esters is 1. The Morgan fingerprint density at radius 1 is 1.07 bits per heavy atom. The zero-order chi connectivity index (χ0) is 20.5. The maximum Gasteiger partial charge on any atom is 0.303 e. The molecule has 0 saturated heterocycles. The van der Waals surface area contributed by atoms with Crippen LogP contribution < -0.4 is 0 Å². The smallest absolute Gasteiger partial charge is 0.303 e. The molecule has 4 aliphatic rings. The lowest BCUT2D eigenvalue weighted by molar-refractivity contribution is -0.185. The topological polar surface area (TPSA) is 60.4 Å². The molecule has 28 heavy (non-hydrogen) atoms. The fraction of sp³-hybridized carbons (Fsp3) is 0.708. The molecule has 4 nitrogen and oxygen atoms in total. The second-order valence-electron chi connectivity index (χ2n) is 10.1. The first kappa shape index (κ1) is 19.6. The fourth-order valence-corrected chi connectivity index (χ4v) is 7.48. The van der Waals surface area contributed by atoms with Crippen molar-refractivity contribution in [3.8, 4) is 0 Å². The molecule has 0 radical (unpaired) electrons. The van der Waals surface area contributed by atoms with Crippen molar-refractivity contribution in [3.63, 3.8) is 0 Å². The standard InChI is InChI=1S/C24H32O4/c1-14-12-18-19(22(4)9-6-17(27)13-21(14)22)7-10-23(5)20(18)8-11-24(23,15(2)25)28-16(3)26/h12-13,18-20H,6-11H2,1-5H3/t18-,19+,20+,22-,23+,24-/m1/s1. The zero-order valence-electron chi connectivity index (χ0n) is 17.8. The summed E-state index contributed by atoms with van der Waals surface area (Å²) in [5.41, 5.74) is 1.15. The molecule has 2 saturated carbocycles. The van der Waals surface area contributed by atoms with Crippen LogP contribution in [0.1, 0.15) is 73.1 Å². The van der Waals surface area contributed by atoms with Crippen LogP contribution >= 0.6 is 0 Å². The van der Waals surface area contributed by atoms with Crippen LogP contribution in [0.5, 0.6) is 0 Å². The van der Waals surface area contributed by atoms with Gasteiger partial charge in [-0.15, -0.1) is 0 Å². The summed E-state index contributed by atoms with van der Waals surface area (Å²) in [6.07, 6.45) is 9.20. The van der Waals surface area contributed by atoms with Crippen LogP contribution in [-0.2, 0) is 19.1 Å². The van der Waals surface area contributed by atoms with Crippen molar-refractivity contribution in [2.75, 3.05) is 0 Å². The highest BCUT2D eigenvalue weighted by molar-refractivity contribution is 5.92. The third kappa shape index (κ3) is 2.39. The molecule has 0 aromatic rings. The summed E-state index contributed by atoms with van der Waals surface area (Å²) in [6, 6.07) is 0. The summed E-state index contributed by atoms with van der Waals surface area (Å²) >= 11 is 0. The Kier molecular flexibility index (Phi) is 4.30. The van der Waals surface area contributed by atoms with E-state index in [1.165, 1.54) is 18.1 Å². The first-order valence-corrected chi connectivity index (χ1v) is 10.7. The van der Waals surface area contributed by atoms with Crippen LogP contribution in [0.15, 0.2) is 23.3 Å². The van der Waals surface area contributed by atoms with Gasteiger partial charge in [0.05, 0.1) is 0 Å². The van der Waals surface area contributed by atoms with Crippen molar-refractivity contribution in [2.45, 2.75) is 78.7 Å². The molecule has 152 valence electrons. The van der Waals surface area contributed by atoms with Crippen LogP contribution in [-0.4, -0.2) is 23.1 Å². The Bertz CT molecular complexity index is 820. The number of ketones is 2. The monoisotopic (exact) mass is 384 g/mol. The summed E-state index contributed by atoms with van der Waals surface area (Å²) in [7, 11) is 0. The molecular weight excluding hydrogens is 352 g/mol. The highest BCUT2D eigenvalue weighted by Crippen LogP contribution is 2.67. The van der Waals surface area contributed by atoms with Crippen molar-refractivity contribution in [2.24, 2.45) is 28.6 Å². The van der Waals surface area contributed by atoms with Crippen LogP contribution in [0.3, 0.4) is 0 Å². The van der Waals surface area contributed by atoms with E-state index in [1.54, 1.807) is 6.92 Å². The van der Waals surface area contributed by atoms with Gasteiger partial charge in [-0.25, -0.2) is 0 Å². The number of carbonyl (C=O) groups is 3. The van der Waals surface area contributed by atoms with Crippen LogP contribution in [0.25, 0.3) is 0 Å². The van der Waals surface area contributed by atoms with Crippen LogP contribution in [0.4, 0.5) is 0 Å². The van der Waals surface area contributed by atoms with Gasteiger partial charge in [0.2, 0.25) is 0 Å². The molecule has 0 aromatic carbocycles.